The minimum Gasteiger partial charge on any atom is -0.495 e. The van der Waals surface area contributed by atoms with Crippen LogP contribution in [0.3, 0.4) is 0 Å². The first kappa shape index (κ1) is 25.0. The number of benzene rings is 2. The lowest BCUT2D eigenvalue weighted by molar-refractivity contribution is -0.139. The van der Waals surface area contributed by atoms with Gasteiger partial charge in [-0.3, -0.25) is 9.36 Å². The van der Waals surface area contributed by atoms with E-state index in [2.05, 4.69) is 27.6 Å². The summed E-state index contributed by atoms with van der Waals surface area (Å²) in [5.41, 5.74) is 1.74. The quantitative estimate of drug-likeness (QED) is 0.303. The van der Waals surface area contributed by atoms with Gasteiger partial charge in [0.15, 0.2) is 4.80 Å². The second kappa shape index (κ2) is 10.2. The Bertz CT molecular complexity index is 1510. The number of esters is 1. The maximum absolute atomic E-state index is 13.7. The van der Waals surface area contributed by atoms with Crippen LogP contribution in [0.4, 0.5) is 0 Å². The summed E-state index contributed by atoms with van der Waals surface area (Å²) in [6.45, 7) is 3.66. The van der Waals surface area contributed by atoms with Gasteiger partial charge in [0.25, 0.3) is 5.56 Å². The fourth-order valence-electron chi connectivity index (χ4n) is 3.83. The van der Waals surface area contributed by atoms with Crippen molar-refractivity contribution in [3.63, 3.8) is 0 Å². The number of thiazole rings is 1. The zero-order valence-electron chi connectivity index (χ0n) is 18.4. The van der Waals surface area contributed by atoms with Crippen LogP contribution in [0.25, 0.3) is 6.08 Å². The highest BCUT2D eigenvalue weighted by atomic mass is 127. The number of hydrogen-bond acceptors (Lipinski definition) is 6. The molecule has 6 nitrogen and oxygen atoms in total. The summed E-state index contributed by atoms with van der Waals surface area (Å²) in [7, 11) is 1.57. The number of ether oxygens (including phenoxy) is 2. The fraction of sp³-hybridized carbons (Fsp3) is 0.208. The lowest BCUT2D eigenvalue weighted by Crippen LogP contribution is -2.40. The van der Waals surface area contributed by atoms with Crippen LogP contribution in [-0.2, 0) is 9.53 Å². The Morgan fingerprint density at radius 3 is 2.71 bits per heavy atom. The number of carbonyl (C=O) groups excluding carboxylic acids is 1. The molecular weight excluding hydrogens is 610 g/mol. The fourth-order valence-corrected chi connectivity index (χ4v) is 6.38. The van der Waals surface area contributed by atoms with Gasteiger partial charge in [0, 0.05) is 15.6 Å². The molecule has 2 aromatic carbocycles. The average molecular weight is 629 g/mol. The van der Waals surface area contributed by atoms with Gasteiger partial charge in [-0.1, -0.05) is 52.7 Å². The second-order valence-corrected chi connectivity index (χ2v) is 10.3. The first-order valence-corrected chi connectivity index (χ1v) is 12.9. The van der Waals surface area contributed by atoms with E-state index in [9.17, 15) is 9.59 Å². The van der Waals surface area contributed by atoms with Crippen LogP contribution < -0.4 is 19.6 Å². The van der Waals surface area contributed by atoms with Crippen LogP contribution >= 0.6 is 57.1 Å². The Morgan fingerprint density at radius 2 is 2.03 bits per heavy atom. The molecule has 10 heteroatoms. The molecule has 1 aromatic heterocycles. The van der Waals surface area contributed by atoms with Crippen molar-refractivity contribution in [3.05, 3.63) is 92.1 Å². The van der Waals surface area contributed by atoms with E-state index in [4.69, 9.17) is 32.7 Å². The van der Waals surface area contributed by atoms with Gasteiger partial charge >= 0.3 is 5.97 Å². The first-order chi connectivity index (χ1) is 16.3. The predicted octanol–water partition coefficient (Wildman–Crippen LogP) is 4.72. The number of nitrogens with zero attached hydrogens (tertiary/aromatic N) is 2. The first-order valence-electron chi connectivity index (χ1n) is 10.2. The Labute approximate surface area is 223 Å². The number of hydrogen-bond donors (Lipinski definition) is 0. The lowest BCUT2D eigenvalue weighted by Gasteiger charge is -2.25. The minimum absolute atomic E-state index is 0.197. The largest absolute Gasteiger partial charge is 0.495 e. The zero-order valence-corrected chi connectivity index (χ0v) is 22.9. The number of halogens is 3. The van der Waals surface area contributed by atoms with E-state index in [-0.39, 0.29) is 17.7 Å². The van der Waals surface area contributed by atoms with Crippen molar-refractivity contribution in [1.29, 1.82) is 0 Å². The van der Waals surface area contributed by atoms with Gasteiger partial charge in [-0.25, -0.2) is 9.79 Å². The number of methoxy groups -OCH3 is 1. The molecule has 0 bridgehead atoms. The highest BCUT2D eigenvalue weighted by Crippen LogP contribution is 2.34. The molecule has 0 N–H and O–H groups in total. The monoisotopic (exact) mass is 628 g/mol. The van der Waals surface area contributed by atoms with Gasteiger partial charge in [-0.05, 0) is 66.3 Å². The predicted molar refractivity (Wildman–Crippen MR) is 143 cm³/mol. The number of allylic oxidation sites excluding steroid dienone is 1. The van der Waals surface area contributed by atoms with Gasteiger partial charge in [0.2, 0.25) is 0 Å². The molecule has 0 aliphatic carbocycles. The van der Waals surface area contributed by atoms with E-state index in [1.54, 1.807) is 57.4 Å². The molecule has 1 aliphatic rings. The molecule has 0 saturated carbocycles. The smallest absolute Gasteiger partial charge is 0.338 e. The summed E-state index contributed by atoms with van der Waals surface area (Å²) in [6.07, 6.45) is 1.73. The lowest BCUT2D eigenvalue weighted by atomic mass is 9.96. The minimum atomic E-state index is -0.771. The highest BCUT2D eigenvalue weighted by Gasteiger charge is 2.34. The summed E-state index contributed by atoms with van der Waals surface area (Å²) < 4.78 is 13.6. The number of carbonyl (C=O) groups is 1. The van der Waals surface area contributed by atoms with Crippen molar-refractivity contribution < 1.29 is 14.3 Å². The van der Waals surface area contributed by atoms with E-state index in [0.717, 1.165) is 3.57 Å². The Balaban J connectivity index is 2.01. The van der Waals surface area contributed by atoms with Gasteiger partial charge in [-0.2, -0.15) is 0 Å². The van der Waals surface area contributed by atoms with Crippen molar-refractivity contribution in [2.24, 2.45) is 4.99 Å². The molecule has 0 amide bonds. The molecule has 0 saturated heterocycles. The van der Waals surface area contributed by atoms with Crippen LogP contribution in [0.15, 0.2) is 57.5 Å². The van der Waals surface area contributed by atoms with Crippen LogP contribution in [0.2, 0.25) is 10.0 Å². The Hall–Kier alpha value is -2.14. The molecule has 2 heterocycles. The number of fused-ring (bicyclic) bond motifs is 1. The van der Waals surface area contributed by atoms with Crippen molar-refractivity contribution in [2.45, 2.75) is 19.9 Å². The summed E-state index contributed by atoms with van der Waals surface area (Å²) >= 11 is 16.1. The molecule has 176 valence electrons. The SMILES string of the molecule is CCOC(=O)C1=C(C)N=c2s/c(=C\c3cc(Cl)cc(I)c3OC)c(=O)n2[C@H]1c1ccccc1Cl. The molecule has 1 atom stereocenters. The van der Waals surface area contributed by atoms with Crippen molar-refractivity contribution in [2.75, 3.05) is 13.7 Å². The van der Waals surface area contributed by atoms with E-state index in [0.29, 0.717) is 42.0 Å². The van der Waals surface area contributed by atoms with Crippen LogP contribution in [0, 0.1) is 3.57 Å². The third kappa shape index (κ3) is 4.56. The normalized spacial score (nSPS) is 15.7. The van der Waals surface area contributed by atoms with Crippen molar-refractivity contribution in [3.8, 4) is 5.75 Å². The summed E-state index contributed by atoms with van der Waals surface area (Å²) in [5.74, 6) is 0.0795. The number of aromatic nitrogens is 1. The molecule has 4 rings (SSSR count). The Morgan fingerprint density at radius 1 is 1.29 bits per heavy atom. The molecule has 1 aliphatic heterocycles. The average Bonchev–Trinajstić information content (AvgIpc) is 3.07. The van der Waals surface area contributed by atoms with Crippen LogP contribution in [-0.4, -0.2) is 24.3 Å². The Kier molecular flexibility index (Phi) is 7.51. The summed E-state index contributed by atoms with van der Waals surface area (Å²) in [5, 5.41) is 0.961. The van der Waals surface area contributed by atoms with Gasteiger partial charge in [-0.15, -0.1) is 0 Å². The summed E-state index contributed by atoms with van der Waals surface area (Å²) in [4.78, 5) is 31.7. The maximum Gasteiger partial charge on any atom is 0.338 e. The zero-order chi connectivity index (χ0) is 24.6. The molecule has 3 aromatic rings. The second-order valence-electron chi connectivity index (χ2n) is 7.33. The van der Waals surface area contributed by atoms with E-state index in [1.807, 2.05) is 6.07 Å². The molecule has 0 unspecified atom stereocenters. The van der Waals surface area contributed by atoms with Gasteiger partial charge in [0.1, 0.15) is 11.8 Å². The topological polar surface area (TPSA) is 69.9 Å². The third-order valence-electron chi connectivity index (χ3n) is 5.24. The van der Waals surface area contributed by atoms with Crippen LogP contribution in [0.1, 0.15) is 31.0 Å². The van der Waals surface area contributed by atoms with E-state index in [1.165, 1.54) is 15.9 Å². The maximum atomic E-state index is 13.7. The highest BCUT2D eigenvalue weighted by molar-refractivity contribution is 14.1. The molecule has 0 spiro atoms. The van der Waals surface area contributed by atoms with E-state index < -0.39 is 12.0 Å². The van der Waals surface area contributed by atoms with Crippen molar-refractivity contribution in [1.82, 2.24) is 4.57 Å². The van der Waals surface area contributed by atoms with E-state index >= 15 is 0 Å². The van der Waals surface area contributed by atoms with Gasteiger partial charge < -0.3 is 9.47 Å². The molecular formula is C24H19Cl2IN2O4S. The third-order valence-corrected chi connectivity index (χ3v) is 7.59. The molecule has 0 fully saturated rings. The van der Waals surface area contributed by atoms with Crippen molar-refractivity contribution >= 4 is 69.2 Å². The molecule has 0 radical (unpaired) electrons. The molecule has 34 heavy (non-hydrogen) atoms. The van der Waals surface area contributed by atoms with Gasteiger partial charge in [0.05, 0.1) is 33.1 Å². The number of rotatable bonds is 5. The summed E-state index contributed by atoms with van der Waals surface area (Å²) in [6, 6.07) is 9.88. The standard InChI is InChI=1S/C24H19Cl2IN2O4S/c1-4-33-23(31)19-12(2)28-24-29(20(19)15-7-5-6-8-16(15)26)22(30)18(34-24)10-13-9-14(25)11-17(27)21(13)32-3/h5-11,20H,4H2,1-3H3/b18-10-/t20-/m0/s1. The van der Waals surface area contributed by atoms with Crippen LogP contribution in [0.5, 0.6) is 5.75 Å².